The molecule has 0 bridgehead atoms. The average molecular weight is 389 g/mol. The van der Waals surface area contributed by atoms with Crippen LogP contribution in [0.5, 0.6) is 0 Å². The Morgan fingerprint density at radius 3 is 2.59 bits per heavy atom. The molecule has 0 heterocycles. The van der Waals surface area contributed by atoms with Crippen molar-refractivity contribution in [1.82, 2.24) is 10.6 Å². The van der Waals surface area contributed by atoms with Crippen molar-refractivity contribution in [3.8, 4) is 0 Å². The third kappa shape index (κ3) is 7.06. The van der Waals surface area contributed by atoms with Crippen LogP contribution in [0.4, 0.5) is 0 Å². The first-order valence-corrected chi connectivity index (χ1v) is 10.9. The lowest BCUT2D eigenvalue weighted by Gasteiger charge is -2.37. The standard InChI is InChI=1S/C22H32N2O2S/c1-17-6-8-20(9-7-17)16-27-14-13-24-21(26)22(11-12-23-19(3)25)10-4-5-18(2)15-22/h6-9H,2,4-5,10-16H2,1,3H3,(H,23,25)(H,24,26). The first-order chi connectivity index (χ1) is 12.9. The molecule has 1 atom stereocenters. The van der Waals surface area contributed by atoms with Crippen molar-refractivity contribution in [2.45, 2.75) is 51.7 Å². The van der Waals surface area contributed by atoms with E-state index in [9.17, 15) is 9.59 Å². The average Bonchev–Trinajstić information content (AvgIpc) is 2.62. The van der Waals surface area contributed by atoms with Crippen molar-refractivity contribution in [2.24, 2.45) is 5.41 Å². The van der Waals surface area contributed by atoms with E-state index in [1.165, 1.54) is 18.1 Å². The quantitative estimate of drug-likeness (QED) is 0.497. The lowest BCUT2D eigenvalue weighted by Crippen LogP contribution is -2.45. The molecule has 2 amide bonds. The van der Waals surface area contributed by atoms with Crippen LogP contribution in [0.3, 0.4) is 0 Å². The monoisotopic (exact) mass is 388 g/mol. The molecule has 2 N–H and O–H groups in total. The van der Waals surface area contributed by atoms with E-state index < -0.39 is 5.41 Å². The van der Waals surface area contributed by atoms with Gasteiger partial charge in [0.1, 0.15) is 0 Å². The third-order valence-corrected chi connectivity index (χ3v) is 6.18. The minimum atomic E-state index is -0.417. The van der Waals surface area contributed by atoms with Gasteiger partial charge in [0.2, 0.25) is 11.8 Å². The molecule has 1 saturated carbocycles. The van der Waals surface area contributed by atoms with Crippen LogP contribution < -0.4 is 10.6 Å². The number of carbonyl (C=O) groups is 2. The van der Waals surface area contributed by atoms with Crippen molar-refractivity contribution >= 4 is 23.6 Å². The highest BCUT2D eigenvalue weighted by Crippen LogP contribution is 2.41. The van der Waals surface area contributed by atoms with Gasteiger partial charge in [0.25, 0.3) is 0 Å². The smallest absolute Gasteiger partial charge is 0.226 e. The van der Waals surface area contributed by atoms with Gasteiger partial charge < -0.3 is 10.6 Å². The number of nitrogens with one attached hydrogen (secondary N) is 2. The maximum absolute atomic E-state index is 12.9. The van der Waals surface area contributed by atoms with Crippen LogP contribution in [0.15, 0.2) is 36.4 Å². The molecule has 1 aliphatic carbocycles. The zero-order valence-electron chi connectivity index (χ0n) is 16.6. The molecule has 4 nitrogen and oxygen atoms in total. The van der Waals surface area contributed by atoms with Gasteiger partial charge >= 0.3 is 0 Å². The van der Waals surface area contributed by atoms with Gasteiger partial charge in [0, 0.05) is 31.5 Å². The van der Waals surface area contributed by atoms with Crippen LogP contribution in [0.25, 0.3) is 0 Å². The fraction of sp³-hybridized carbons (Fsp3) is 0.545. The molecule has 0 radical (unpaired) electrons. The van der Waals surface area contributed by atoms with Gasteiger partial charge in [-0.2, -0.15) is 11.8 Å². The SMILES string of the molecule is C=C1CCCC(CCNC(C)=O)(C(=O)NCCSCc2ccc(C)cc2)C1. The van der Waals surface area contributed by atoms with Crippen LogP contribution in [-0.2, 0) is 15.3 Å². The Morgan fingerprint density at radius 2 is 1.93 bits per heavy atom. The molecule has 2 rings (SSSR count). The molecule has 0 aromatic heterocycles. The number of carbonyl (C=O) groups excluding carboxylic acids is 2. The summed E-state index contributed by atoms with van der Waals surface area (Å²) in [5, 5.41) is 5.97. The summed E-state index contributed by atoms with van der Waals surface area (Å²) < 4.78 is 0. The van der Waals surface area contributed by atoms with Gasteiger partial charge in [-0.05, 0) is 44.6 Å². The molecule has 27 heavy (non-hydrogen) atoms. The Labute approximate surface area is 167 Å². The fourth-order valence-corrected chi connectivity index (χ4v) is 4.45. The summed E-state index contributed by atoms with van der Waals surface area (Å²) in [5.74, 6) is 1.92. The predicted octanol–water partition coefficient (Wildman–Crippen LogP) is 3.99. The van der Waals surface area contributed by atoms with Crippen molar-refractivity contribution in [1.29, 1.82) is 0 Å². The molecule has 0 saturated heterocycles. The summed E-state index contributed by atoms with van der Waals surface area (Å²) in [6.45, 7) is 8.93. The lowest BCUT2D eigenvalue weighted by atomic mass is 9.69. The van der Waals surface area contributed by atoms with E-state index in [1.807, 2.05) is 11.8 Å². The molecular formula is C22H32N2O2S. The van der Waals surface area contributed by atoms with E-state index in [1.54, 1.807) is 0 Å². The van der Waals surface area contributed by atoms with E-state index in [2.05, 4.69) is 48.4 Å². The molecule has 0 aliphatic heterocycles. The highest BCUT2D eigenvalue weighted by molar-refractivity contribution is 7.98. The molecule has 1 aromatic rings. The number of benzene rings is 1. The second-order valence-electron chi connectivity index (χ2n) is 7.59. The van der Waals surface area contributed by atoms with Gasteiger partial charge in [0.05, 0.1) is 5.41 Å². The Balaban J connectivity index is 1.79. The summed E-state index contributed by atoms with van der Waals surface area (Å²) in [4.78, 5) is 24.1. The van der Waals surface area contributed by atoms with Crippen molar-refractivity contribution in [3.63, 3.8) is 0 Å². The van der Waals surface area contributed by atoms with Gasteiger partial charge in [0.15, 0.2) is 0 Å². The lowest BCUT2D eigenvalue weighted by molar-refractivity contribution is -0.132. The number of hydrogen-bond donors (Lipinski definition) is 2. The topological polar surface area (TPSA) is 58.2 Å². The summed E-state index contributed by atoms with van der Waals surface area (Å²) in [6.07, 6.45) is 4.27. The molecule has 148 valence electrons. The van der Waals surface area contributed by atoms with E-state index in [0.29, 0.717) is 19.5 Å². The van der Waals surface area contributed by atoms with Gasteiger partial charge in [-0.25, -0.2) is 0 Å². The van der Waals surface area contributed by atoms with E-state index >= 15 is 0 Å². The number of aryl methyl sites for hydroxylation is 1. The summed E-state index contributed by atoms with van der Waals surface area (Å²) in [5.41, 5.74) is 3.31. The fourth-order valence-electron chi connectivity index (χ4n) is 3.63. The molecule has 1 aliphatic rings. The molecule has 1 aromatic carbocycles. The molecule has 1 fully saturated rings. The Bertz CT molecular complexity index is 657. The van der Waals surface area contributed by atoms with Gasteiger partial charge in [-0.1, -0.05) is 42.0 Å². The minimum Gasteiger partial charge on any atom is -0.356 e. The van der Waals surface area contributed by atoms with Gasteiger partial charge in [-0.15, -0.1) is 0 Å². The zero-order chi connectivity index (χ0) is 19.7. The van der Waals surface area contributed by atoms with Crippen molar-refractivity contribution in [3.05, 3.63) is 47.5 Å². The number of amides is 2. The van der Waals surface area contributed by atoms with Crippen molar-refractivity contribution in [2.75, 3.05) is 18.8 Å². The number of thioether (sulfide) groups is 1. The van der Waals surface area contributed by atoms with E-state index in [-0.39, 0.29) is 11.8 Å². The normalized spacial score (nSPS) is 19.6. The van der Waals surface area contributed by atoms with Crippen LogP contribution in [0, 0.1) is 12.3 Å². The number of allylic oxidation sites excluding steroid dienone is 1. The first kappa shape index (κ1) is 21.5. The van der Waals surface area contributed by atoms with Crippen LogP contribution in [-0.4, -0.2) is 30.7 Å². The Morgan fingerprint density at radius 1 is 1.19 bits per heavy atom. The number of hydrogen-bond acceptors (Lipinski definition) is 3. The maximum atomic E-state index is 12.9. The zero-order valence-corrected chi connectivity index (χ0v) is 17.4. The van der Waals surface area contributed by atoms with Crippen LogP contribution in [0.1, 0.15) is 50.2 Å². The van der Waals surface area contributed by atoms with Gasteiger partial charge in [-0.3, -0.25) is 9.59 Å². The molecule has 0 spiro atoms. The van der Waals surface area contributed by atoms with Crippen LogP contribution >= 0.6 is 11.8 Å². The van der Waals surface area contributed by atoms with Crippen LogP contribution in [0.2, 0.25) is 0 Å². The Kier molecular flexibility index (Phi) is 8.42. The summed E-state index contributed by atoms with van der Waals surface area (Å²) in [6, 6.07) is 8.58. The molecule has 5 heteroatoms. The molecule has 1 unspecified atom stereocenters. The third-order valence-electron chi connectivity index (χ3n) is 5.15. The van der Waals surface area contributed by atoms with Crippen molar-refractivity contribution < 1.29 is 9.59 Å². The van der Waals surface area contributed by atoms with E-state index in [4.69, 9.17) is 0 Å². The number of rotatable bonds is 9. The maximum Gasteiger partial charge on any atom is 0.226 e. The summed E-state index contributed by atoms with van der Waals surface area (Å²) in [7, 11) is 0. The second-order valence-corrected chi connectivity index (χ2v) is 8.69. The first-order valence-electron chi connectivity index (χ1n) is 9.74. The summed E-state index contributed by atoms with van der Waals surface area (Å²) >= 11 is 1.83. The minimum absolute atomic E-state index is 0.0484. The highest BCUT2D eigenvalue weighted by atomic mass is 32.2. The second kappa shape index (κ2) is 10.5. The highest BCUT2D eigenvalue weighted by Gasteiger charge is 2.39. The molecular weight excluding hydrogens is 356 g/mol. The van der Waals surface area contributed by atoms with E-state index in [0.717, 1.165) is 42.8 Å². The largest absolute Gasteiger partial charge is 0.356 e. The Hall–Kier alpha value is -1.75. The predicted molar refractivity (Wildman–Crippen MR) is 114 cm³/mol.